The van der Waals surface area contributed by atoms with E-state index in [-0.39, 0.29) is 17.2 Å². The molecule has 1 rings (SSSR count). The van der Waals surface area contributed by atoms with E-state index in [0.29, 0.717) is 24.2 Å². The van der Waals surface area contributed by atoms with Crippen LogP contribution in [-0.2, 0) is 5.41 Å². The summed E-state index contributed by atoms with van der Waals surface area (Å²) < 4.78 is 0. The van der Waals surface area contributed by atoms with Crippen molar-refractivity contribution in [2.24, 2.45) is 0 Å². The summed E-state index contributed by atoms with van der Waals surface area (Å²) in [6.45, 7) is 23.1. The van der Waals surface area contributed by atoms with Gasteiger partial charge in [0.1, 0.15) is 0 Å². The highest BCUT2D eigenvalue weighted by molar-refractivity contribution is 6.00. The summed E-state index contributed by atoms with van der Waals surface area (Å²) in [4.78, 5) is 31.3. The Morgan fingerprint density at radius 1 is 0.575 bits per heavy atom. The molecule has 0 heterocycles. The maximum atomic E-state index is 13.1. The first-order valence-electron chi connectivity index (χ1n) is 16.3. The zero-order chi connectivity index (χ0) is 29.8. The third-order valence-corrected chi connectivity index (χ3v) is 7.51. The first-order valence-corrected chi connectivity index (χ1v) is 16.3. The van der Waals surface area contributed by atoms with Crippen LogP contribution in [0, 0.1) is 0 Å². The van der Waals surface area contributed by atoms with Crippen LogP contribution < -0.4 is 10.6 Å². The summed E-state index contributed by atoms with van der Waals surface area (Å²) >= 11 is 0. The molecular formula is C34H62N4O2. The third-order valence-electron chi connectivity index (χ3n) is 7.51. The fourth-order valence-corrected chi connectivity index (χ4v) is 4.73. The van der Waals surface area contributed by atoms with Crippen molar-refractivity contribution >= 4 is 11.8 Å². The zero-order valence-corrected chi connectivity index (χ0v) is 27.2. The summed E-state index contributed by atoms with van der Waals surface area (Å²) in [5, 5.41) is 6.21. The van der Waals surface area contributed by atoms with Crippen LogP contribution in [0.3, 0.4) is 0 Å². The minimum absolute atomic E-state index is 0.101. The Hall–Kier alpha value is -1.92. The molecule has 0 aliphatic rings. The van der Waals surface area contributed by atoms with Crippen LogP contribution in [0.15, 0.2) is 18.2 Å². The highest BCUT2D eigenvalue weighted by Crippen LogP contribution is 2.25. The molecule has 0 unspecified atom stereocenters. The number of hydrogen-bond donors (Lipinski definition) is 2. The molecule has 6 nitrogen and oxygen atoms in total. The van der Waals surface area contributed by atoms with Crippen molar-refractivity contribution in [2.75, 3.05) is 52.4 Å². The first kappa shape index (κ1) is 36.1. The van der Waals surface area contributed by atoms with E-state index in [0.717, 1.165) is 57.7 Å². The lowest BCUT2D eigenvalue weighted by molar-refractivity contribution is 0.0950. The zero-order valence-electron chi connectivity index (χ0n) is 27.2. The molecule has 0 spiro atoms. The average molecular weight is 559 g/mol. The number of carbonyl (C=O) groups is 2. The smallest absolute Gasteiger partial charge is 0.251 e. The van der Waals surface area contributed by atoms with E-state index in [1.54, 1.807) is 6.07 Å². The van der Waals surface area contributed by atoms with Gasteiger partial charge in [-0.2, -0.15) is 0 Å². The Kier molecular flexibility index (Phi) is 18.8. The van der Waals surface area contributed by atoms with Gasteiger partial charge in [-0.05, 0) is 107 Å². The van der Waals surface area contributed by atoms with Crippen LogP contribution in [0.4, 0.5) is 0 Å². The van der Waals surface area contributed by atoms with Gasteiger partial charge in [-0.25, -0.2) is 0 Å². The number of rotatable bonds is 22. The largest absolute Gasteiger partial charge is 0.352 e. The predicted molar refractivity (Wildman–Crippen MR) is 172 cm³/mol. The molecule has 0 saturated carbocycles. The molecule has 0 radical (unpaired) electrons. The van der Waals surface area contributed by atoms with Gasteiger partial charge in [0.15, 0.2) is 0 Å². The summed E-state index contributed by atoms with van der Waals surface area (Å²) in [5.74, 6) is -0.201. The van der Waals surface area contributed by atoms with E-state index in [2.05, 4.69) is 68.9 Å². The lowest BCUT2D eigenvalue weighted by Crippen LogP contribution is -2.32. The van der Waals surface area contributed by atoms with E-state index < -0.39 is 0 Å². The third kappa shape index (κ3) is 15.2. The van der Waals surface area contributed by atoms with E-state index >= 15 is 0 Å². The molecule has 0 fully saturated rings. The molecule has 2 N–H and O–H groups in total. The standard InChI is InChI=1S/C34H62N4O2/c1-8-12-20-37(21-13-9-2)24-16-18-35-32(39)29-26-30(28-31(27-29)34(5,6)7)33(40)36-19-17-25-38(22-14-10-3)23-15-11-4/h26-28H,8-25H2,1-7H3,(H,35,39)(H,36,40). The van der Waals surface area contributed by atoms with Gasteiger partial charge in [-0.3, -0.25) is 9.59 Å². The van der Waals surface area contributed by atoms with Crippen molar-refractivity contribution in [2.45, 2.75) is 118 Å². The van der Waals surface area contributed by atoms with Crippen LogP contribution in [0.2, 0.25) is 0 Å². The molecule has 0 aromatic heterocycles. The Bertz CT molecular complexity index is 759. The summed E-state index contributed by atoms with van der Waals surface area (Å²) in [6, 6.07) is 5.64. The van der Waals surface area contributed by atoms with Crippen LogP contribution in [0.1, 0.15) is 139 Å². The molecule has 0 aliphatic carbocycles. The van der Waals surface area contributed by atoms with Gasteiger partial charge in [0, 0.05) is 24.2 Å². The number of nitrogens with one attached hydrogen (secondary N) is 2. The van der Waals surface area contributed by atoms with E-state index in [9.17, 15) is 9.59 Å². The summed E-state index contributed by atoms with van der Waals surface area (Å²) in [6.07, 6.45) is 11.6. The SMILES string of the molecule is CCCCN(CCCC)CCCNC(=O)c1cc(C(=O)NCCCN(CCCC)CCCC)cc(C(C)(C)C)c1. The van der Waals surface area contributed by atoms with E-state index in [4.69, 9.17) is 0 Å². The highest BCUT2D eigenvalue weighted by Gasteiger charge is 2.20. The van der Waals surface area contributed by atoms with Crippen molar-refractivity contribution in [3.8, 4) is 0 Å². The average Bonchev–Trinajstić information content (AvgIpc) is 2.94. The molecule has 0 bridgehead atoms. The van der Waals surface area contributed by atoms with Crippen molar-refractivity contribution in [1.82, 2.24) is 20.4 Å². The van der Waals surface area contributed by atoms with Crippen molar-refractivity contribution < 1.29 is 9.59 Å². The molecule has 2 amide bonds. The molecule has 0 atom stereocenters. The Morgan fingerprint density at radius 2 is 0.900 bits per heavy atom. The van der Waals surface area contributed by atoms with Gasteiger partial charge in [0.25, 0.3) is 11.8 Å². The predicted octanol–water partition coefficient (Wildman–Crippen LogP) is 7.03. The van der Waals surface area contributed by atoms with Crippen LogP contribution in [0.25, 0.3) is 0 Å². The van der Waals surface area contributed by atoms with Crippen molar-refractivity contribution in [1.29, 1.82) is 0 Å². The monoisotopic (exact) mass is 558 g/mol. The number of benzene rings is 1. The number of amides is 2. The second-order valence-corrected chi connectivity index (χ2v) is 12.4. The fraction of sp³-hybridized carbons (Fsp3) is 0.765. The Balaban J connectivity index is 2.75. The first-order chi connectivity index (χ1) is 19.2. The Labute approximate surface area is 247 Å². The molecular weight excluding hydrogens is 496 g/mol. The van der Waals surface area contributed by atoms with Gasteiger partial charge in [0.05, 0.1) is 0 Å². The second-order valence-electron chi connectivity index (χ2n) is 12.4. The van der Waals surface area contributed by atoms with E-state index in [1.807, 2.05) is 12.1 Å². The highest BCUT2D eigenvalue weighted by atomic mass is 16.2. The number of nitrogens with zero attached hydrogens (tertiary/aromatic N) is 2. The maximum absolute atomic E-state index is 13.1. The molecule has 0 saturated heterocycles. The van der Waals surface area contributed by atoms with Gasteiger partial charge < -0.3 is 20.4 Å². The minimum atomic E-state index is -0.163. The quantitative estimate of drug-likeness (QED) is 0.150. The maximum Gasteiger partial charge on any atom is 0.251 e. The van der Waals surface area contributed by atoms with Gasteiger partial charge >= 0.3 is 0 Å². The topological polar surface area (TPSA) is 64.7 Å². The molecule has 6 heteroatoms. The van der Waals surface area contributed by atoms with Crippen LogP contribution in [0.5, 0.6) is 0 Å². The normalized spacial score (nSPS) is 11.8. The number of hydrogen-bond acceptors (Lipinski definition) is 4. The summed E-state index contributed by atoms with van der Waals surface area (Å²) in [5.41, 5.74) is 1.97. The second kappa shape index (κ2) is 20.9. The van der Waals surface area contributed by atoms with Crippen molar-refractivity contribution in [3.63, 3.8) is 0 Å². The number of unbranched alkanes of at least 4 members (excludes halogenated alkanes) is 4. The van der Waals surface area contributed by atoms with Gasteiger partial charge in [0.2, 0.25) is 0 Å². The van der Waals surface area contributed by atoms with Gasteiger partial charge in [-0.1, -0.05) is 74.1 Å². The fourth-order valence-electron chi connectivity index (χ4n) is 4.73. The molecule has 40 heavy (non-hydrogen) atoms. The van der Waals surface area contributed by atoms with E-state index in [1.165, 1.54) is 51.4 Å². The summed E-state index contributed by atoms with van der Waals surface area (Å²) in [7, 11) is 0. The molecule has 230 valence electrons. The lowest BCUT2D eigenvalue weighted by atomic mass is 9.85. The van der Waals surface area contributed by atoms with Crippen LogP contribution >= 0.6 is 0 Å². The van der Waals surface area contributed by atoms with Crippen LogP contribution in [-0.4, -0.2) is 74.0 Å². The minimum Gasteiger partial charge on any atom is -0.352 e. The Morgan fingerprint density at radius 3 is 1.20 bits per heavy atom. The van der Waals surface area contributed by atoms with Gasteiger partial charge in [-0.15, -0.1) is 0 Å². The number of carbonyl (C=O) groups excluding carboxylic acids is 2. The lowest BCUT2D eigenvalue weighted by Gasteiger charge is -2.23. The molecule has 1 aromatic carbocycles. The molecule has 0 aliphatic heterocycles. The van der Waals surface area contributed by atoms with Crippen molar-refractivity contribution in [3.05, 3.63) is 34.9 Å². The molecule has 1 aromatic rings.